The largest absolute Gasteiger partial charge is 0.448 e. The molecule has 0 unspecified atom stereocenters. The third-order valence-corrected chi connectivity index (χ3v) is 6.91. The van der Waals surface area contributed by atoms with Crippen molar-refractivity contribution < 1.29 is 4.42 Å². The number of fused-ring (bicyclic) bond motifs is 1. The first-order valence-electron chi connectivity index (χ1n) is 11.5. The monoisotopic (exact) mass is 472 g/mol. The van der Waals surface area contributed by atoms with Gasteiger partial charge in [0.15, 0.2) is 12.0 Å². The van der Waals surface area contributed by atoms with Crippen LogP contribution in [0.5, 0.6) is 0 Å². The summed E-state index contributed by atoms with van der Waals surface area (Å²) in [4.78, 5) is 18.3. The summed E-state index contributed by atoms with van der Waals surface area (Å²) in [6.07, 6.45) is 6.15. The Kier molecular flexibility index (Phi) is 5.93. The standard InChI is InChI=1S/C26H25ClN6O/c1-15-7-9-18(10-8-15)13-33-24-23(19-5-4-6-20(27)11-19)30-21(12-28)31-25(24)32-26(33)16(2)22-17(3)34-14-29-22/h4-6,11,14-15,18H,2,7-10,13H2,1,3H3. The topological polar surface area (TPSA) is 93.4 Å². The van der Waals surface area contributed by atoms with Crippen molar-refractivity contribution in [1.82, 2.24) is 24.5 Å². The molecular weight excluding hydrogens is 448 g/mol. The van der Waals surface area contributed by atoms with Crippen molar-refractivity contribution in [2.45, 2.75) is 46.1 Å². The maximum absolute atomic E-state index is 9.61. The second-order valence-corrected chi connectivity index (χ2v) is 9.53. The highest BCUT2D eigenvalue weighted by Crippen LogP contribution is 2.35. The molecule has 0 saturated heterocycles. The summed E-state index contributed by atoms with van der Waals surface area (Å²) in [5.74, 6) is 2.66. The lowest BCUT2D eigenvalue weighted by Crippen LogP contribution is -2.19. The van der Waals surface area contributed by atoms with Crippen LogP contribution < -0.4 is 0 Å². The van der Waals surface area contributed by atoms with Crippen LogP contribution in [0.2, 0.25) is 5.02 Å². The molecule has 0 aliphatic heterocycles. The first kappa shape index (κ1) is 22.3. The predicted molar refractivity (Wildman–Crippen MR) is 131 cm³/mol. The van der Waals surface area contributed by atoms with Crippen LogP contribution in [0.4, 0.5) is 0 Å². The van der Waals surface area contributed by atoms with Gasteiger partial charge in [0.25, 0.3) is 0 Å². The lowest BCUT2D eigenvalue weighted by atomic mass is 9.83. The molecular formula is C26H25ClN6O. The van der Waals surface area contributed by atoms with Crippen LogP contribution in [0.1, 0.15) is 55.7 Å². The molecule has 0 spiro atoms. The number of nitriles is 1. The van der Waals surface area contributed by atoms with E-state index in [9.17, 15) is 5.26 Å². The summed E-state index contributed by atoms with van der Waals surface area (Å²) < 4.78 is 7.59. The van der Waals surface area contributed by atoms with Gasteiger partial charge in [0.2, 0.25) is 5.82 Å². The fourth-order valence-electron chi connectivity index (χ4n) is 4.80. The molecule has 1 saturated carbocycles. The molecule has 1 aromatic carbocycles. The third-order valence-electron chi connectivity index (χ3n) is 6.68. The van der Waals surface area contributed by atoms with Gasteiger partial charge in [0, 0.05) is 22.7 Å². The van der Waals surface area contributed by atoms with Crippen molar-refractivity contribution >= 4 is 28.3 Å². The van der Waals surface area contributed by atoms with Gasteiger partial charge in [-0.25, -0.2) is 15.0 Å². The molecule has 3 aromatic heterocycles. The molecule has 0 radical (unpaired) electrons. The van der Waals surface area contributed by atoms with Crippen LogP contribution in [0.25, 0.3) is 28.0 Å². The first-order chi connectivity index (χ1) is 16.4. The number of imidazole rings is 1. The molecule has 172 valence electrons. The molecule has 4 aromatic rings. The van der Waals surface area contributed by atoms with Gasteiger partial charge in [0.05, 0.1) is 0 Å². The first-order valence-corrected chi connectivity index (χ1v) is 11.9. The summed E-state index contributed by atoms with van der Waals surface area (Å²) in [6.45, 7) is 9.24. The van der Waals surface area contributed by atoms with Crippen LogP contribution in [-0.4, -0.2) is 24.5 Å². The van der Waals surface area contributed by atoms with E-state index in [1.807, 2.05) is 31.2 Å². The number of hydrogen-bond donors (Lipinski definition) is 0. The predicted octanol–water partition coefficient (Wildman–Crippen LogP) is 6.20. The number of oxazole rings is 1. The molecule has 8 heteroatoms. The van der Waals surface area contributed by atoms with Gasteiger partial charge in [0.1, 0.15) is 34.6 Å². The molecule has 0 amide bonds. The van der Waals surface area contributed by atoms with Crippen LogP contribution in [-0.2, 0) is 6.54 Å². The van der Waals surface area contributed by atoms with Gasteiger partial charge < -0.3 is 8.98 Å². The Labute approximate surface area is 203 Å². The molecule has 0 atom stereocenters. The number of halogens is 1. The van der Waals surface area contributed by atoms with E-state index in [0.717, 1.165) is 36.4 Å². The number of rotatable bonds is 5. The Hall–Kier alpha value is -3.50. The summed E-state index contributed by atoms with van der Waals surface area (Å²) in [5.41, 5.74) is 4.00. The van der Waals surface area contributed by atoms with E-state index in [4.69, 9.17) is 21.0 Å². The molecule has 5 rings (SSSR count). The third kappa shape index (κ3) is 4.10. The number of aromatic nitrogens is 5. The second-order valence-electron chi connectivity index (χ2n) is 9.10. The molecule has 1 fully saturated rings. The van der Waals surface area contributed by atoms with E-state index in [1.54, 1.807) is 0 Å². The minimum atomic E-state index is 0.0633. The maximum atomic E-state index is 9.61. The van der Waals surface area contributed by atoms with E-state index in [-0.39, 0.29) is 5.82 Å². The molecule has 1 aliphatic carbocycles. The highest BCUT2D eigenvalue weighted by Gasteiger charge is 2.26. The quantitative estimate of drug-likeness (QED) is 0.343. The summed E-state index contributed by atoms with van der Waals surface area (Å²) >= 11 is 6.31. The summed E-state index contributed by atoms with van der Waals surface area (Å²) in [5, 5.41) is 10.2. The zero-order valence-corrected chi connectivity index (χ0v) is 20.0. The number of nitrogens with zero attached hydrogens (tertiary/aromatic N) is 6. The minimum Gasteiger partial charge on any atom is -0.448 e. The Morgan fingerprint density at radius 3 is 2.71 bits per heavy atom. The van der Waals surface area contributed by atoms with Crippen molar-refractivity contribution in [2.24, 2.45) is 11.8 Å². The fraction of sp³-hybridized carbons (Fsp3) is 0.346. The van der Waals surface area contributed by atoms with Gasteiger partial charge in [-0.05, 0) is 43.7 Å². The van der Waals surface area contributed by atoms with Gasteiger partial charge in [-0.1, -0.05) is 50.1 Å². The molecule has 1 aliphatic rings. The van der Waals surface area contributed by atoms with Crippen LogP contribution in [0.15, 0.2) is 41.7 Å². The molecule has 0 N–H and O–H groups in total. The van der Waals surface area contributed by atoms with Crippen molar-refractivity contribution in [3.63, 3.8) is 0 Å². The zero-order chi connectivity index (χ0) is 23.8. The van der Waals surface area contributed by atoms with Crippen molar-refractivity contribution in [1.29, 1.82) is 5.26 Å². The van der Waals surface area contributed by atoms with E-state index in [0.29, 0.717) is 45.1 Å². The molecule has 3 heterocycles. The lowest BCUT2D eigenvalue weighted by molar-refractivity contribution is 0.266. The van der Waals surface area contributed by atoms with E-state index in [2.05, 4.69) is 39.1 Å². The van der Waals surface area contributed by atoms with Crippen molar-refractivity contribution in [2.75, 3.05) is 0 Å². The van der Waals surface area contributed by atoms with Crippen molar-refractivity contribution in [3.05, 3.63) is 65.4 Å². The maximum Gasteiger partial charge on any atom is 0.234 e. The average Bonchev–Trinajstić information content (AvgIpc) is 3.43. The van der Waals surface area contributed by atoms with Gasteiger partial charge in [-0.2, -0.15) is 10.2 Å². The van der Waals surface area contributed by atoms with E-state index < -0.39 is 0 Å². The fourth-order valence-corrected chi connectivity index (χ4v) is 4.99. The van der Waals surface area contributed by atoms with E-state index in [1.165, 1.54) is 19.2 Å². The van der Waals surface area contributed by atoms with Crippen LogP contribution >= 0.6 is 11.6 Å². The highest BCUT2D eigenvalue weighted by molar-refractivity contribution is 6.30. The summed E-state index contributed by atoms with van der Waals surface area (Å²) in [7, 11) is 0. The molecule has 34 heavy (non-hydrogen) atoms. The summed E-state index contributed by atoms with van der Waals surface area (Å²) in [6, 6.07) is 9.54. The molecule has 0 bridgehead atoms. The van der Waals surface area contributed by atoms with Gasteiger partial charge >= 0.3 is 0 Å². The number of aryl methyl sites for hydroxylation is 1. The smallest absolute Gasteiger partial charge is 0.234 e. The normalized spacial score (nSPS) is 18.2. The zero-order valence-electron chi connectivity index (χ0n) is 19.3. The lowest BCUT2D eigenvalue weighted by Gasteiger charge is -2.27. The Balaban J connectivity index is 1.74. The number of benzene rings is 1. The van der Waals surface area contributed by atoms with Gasteiger partial charge in [-0.15, -0.1) is 0 Å². The Bertz CT molecular complexity index is 1420. The average molecular weight is 473 g/mol. The number of hydrogen-bond acceptors (Lipinski definition) is 6. The van der Waals surface area contributed by atoms with Crippen molar-refractivity contribution in [3.8, 4) is 17.3 Å². The van der Waals surface area contributed by atoms with Gasteiger partial charge in [-0.3, -0.25) is 0 Å². The SMILES string of the molecule is C=C(c1ncoc1C)c1nc2nc(C#N)nc(-c3cccc(Cl)c3)c2n1CC1CCC(C)CC1. The van der Waals surface area contributed by atoms with Crippen LogP contribution in [0.3, 0.4) is 0 Å². The van der Waals surface area contributed by atoms with E-state index >= 15 is 0 Å². The Morgan fingerprint density at radius 1 is 1.24 bits per heavy atom. The molecule has 7 nitrogen and oxygen atoms in total. The van der Waals surface area contributed by atoms with Crippen LogP contribution in [0, 0.1) is 30.1 Å². The second kappa shape index (κ2) is 9.03. The minimum absolute atomic E-state index is 0.0633. The highest BCUT2D eigenvalue weighted by atomic mass is 35.5. The Morgan fingerprint density at radius 2 is 2.03 bits per heavy atom.